The van der Waals surface area contributed by atoms with E-state index in [0.29, 0.717) is 13.0 Å². The van der Waals surface area contributed by atoms with Gasteiger partial charge in [-0.1, -0.05) is 25.2 Å². The molecule has 0 aromatic heterocycles. The molecule has 4 heteroatoms. The van der Waals surface area contributed by atoms with E-state index in [4.69, 9.17) is 11.2 Å². The Morgan fingerprint density at radius 2 is 2.17 bits per heavy atom. The second-order valence-electron chi connectivity index (χ2n) is 4.76. The number of nitrogens with one attached hydrogen (secondary N) is 1. The van der Waals surface area contributed by atoms with Crippen molar-refractivity contribution < 1.29 is 14.6 Å². The lowest BCUT2D eigenvalue weighted by Crippen LogP contribution is -2.41. The van der Waals surface area contributed by atoms with Gasteiger partial charge in [0.1, 0.15) is 6.61 Å². The highest BCUT2D eigenvalue weighted by molar-refractivity contribution is 5.76. The number of terminal acetylenes is 1. The Kier molecular flexibility index (Phi) is 7.47. The molecule has 0 aliphatic heterocycles. The maximum absolute atomic E-state index is 11.7. The Morgan fingerprint density at radius 1 is 1.39 bits per heavy atom. The molecule has 0 heterocycles. The van der Waals surface area contributed by atoms with Crippen molar-refractivity contribution in [2.75, 3.05) is 19.8 Å². The van der Waals surface area contributed by atoms with E-state index in [1.54, 1.807) is 0 Å². The molecule has 102 valence electrons. The second kappa shape index (κ2) is 8.96. The van der Waals surface area contributed by atoms with E-state index in [0.717, 1.165) is 25.7 Å². The lowest BCUT2D eigenvalue weighted by atomic mass is 9.95. The lowest BCUT2D eigenvalue weighted by molar-refractivity contribution is -0.123. The summed E-state index contributed by atoms with van der Waals surface area (Å²) in [7, 11) is 0. The predicted molar refractivity (Wildman–Crippen MR) is 69.9 cm³/mol. The third-order valence-corrected chi connectivity index (χ3v) is 3.40. The van der Waals surface area contributed by atoms with Crippen LogP contribution < -0.4 is 5.32 Å². The van der Waals surface area contributed by atoms with Crippen LogP contribution >= 0.6 is 0 Å². The number of carbonyl (C=O) groups is 1. The smallest absolute Gasteiger partial charge is 0.222 e. The van der Waals surface area contributed by atoms with Crippen LogP contribution in [0.4, 0.5) is 0 Å². The summed E-state index contributed by atoms with van der Waals surface area (Å²) >= 11 is 0. The Bertz CT molecular complexity index is 285. The first kappa shape index (κ1) is 15.0. The summed E-state index contributed by atoms with van der Waals surface area (Å²) in [6.07, 6.45) is 10.8. The average molecular weight is 253 g/mol. The average Bonchev–Trinajstić information content (AvgIpc) is 2.59. The van der Waals surface area contributed by atoms with E-state index in [1.807, 2.05) is 0 Å². The number of rotatable bonds is 6. The molecular formula is C14H23NO3. The second-order valence-corrected chi connectivity index (χ2v) is 4.76. The van der Waals surface area contributed by atoms with Gasteiger partial charge in [-0.15, -0.1) is 6.42 Å². The first-order chi connectivity index (χ1) is 8.77. The summed E-state index contributed by atoms with van der Waals surface area (Å²) in [4.78, 5) is 11.7. The molecule has 0 aromatic carbocycles. The van der Waals surface area contributed by atoms with E-state index in [-0.39, 0.29) is 31.1 Å². The SMILES string of the molecule is C#CCOCCC(=O)NC1CCCCCC1CO. The van der Waals surface area contributed by atoms with Crippen LogP contribution in [0.15, 0.2) is 0 Å². The summed E-state index contributed by atoms with van der Waals surface area (Å²) < 4.78 is 5.07. The zero-order valence-corrected chi connectivity index (χ0v) is 10.9. The monoisotopic (exact) mass is 253 g/mol. The van der Waals surface area contributed by atoms with Gasteiger partial charge in [0.2, 0.25) is 5.91 Å². The molecule has 18 heavy (non-hydrogen) atoms. The van der Waals surface area contributed by atoms with Crippen LogP contribution in [0.5, 0.6) is 0 Å². The maximum Gasteiger partial charge on any atom is 0.222 e. The fourth-order valence-electron chi connectivity index (χ4n) is 2.37. The van der Waals surface area contributed by atoms with Crippen molar-refractivity contribution in [3.63, 3.8) is 0 Å². The Labute approximate surface area is 109 Å². The Balaban J connectivity index is 2.29. The van der Waals surface area contributed by atoms with Crippen LogP contribution in [0, 0.1) is 18.3 Å². The Hall–Kier alpha value is -1.05. The summed E-state index contributed by atoms with van der Waals surface area (Å²) in [6, 6.07) is 0.109. The van der Waals surface area contributed by atoms with Crippen molar-refractivity contribution in [3.8, 4) is 12.3 Å². The summed E-state index contributed by atoms with van der Waals surface area (Å²) in [5.41, 5.74) is 0. The molecule has 1 aliphatic rings. The normalized spacial score (nSPS) is 24.0. The van der Waals surface area contributed by atoms with E-state index in [2.05, 4.69) is 11.2 Å². The van der Waals surface area contributed by atoms with Crippen LogP contribution in [0.1, 0.15) is 38.5 Å². The largest absolute Gasteiger partial charge is 0.396 e. The minimum Gasteiger partial charge on any atom is -0.396 e. The first-order valence-corrected chi connectivity index (χ1v) is 6.69. The maximum atomic E-state index is 11.7. The van der Waals surface area contributed by atoms with Crippen molar-refractivity contribution in [1.29, 1.82) is 0 Å². The molecule has 1 aliphatic carbocycles. The number of hydrogen-bond donors (Lipinski definition) is 2. The van der Waals surface area contributed by atoms with Gasteiger partial charge in [0.05, 0.1) is 13.0 Å². The molecule has 0 bridgehead atoms. The predicted octanol–water partition coefficient (Wildman–Crippen LogP) is 1.08. The highest BCUT2D eigenvalue weighted by Crippen LogP contribution is 2.23. The van der Waals surface area contributed by atoms with Crippen LogP contribution in [-0.2, 0) is 9.53 Å². The standard InChI is InChI=1S/C14H23NO3/c1-2-9-18-10-8-14(17)15-13-7-5-3-4-6-12(13)11-16/h1,12-13,16H,3-11H2,(H,15,17). The van der Waals surface area contributed by atoms with Gasteiger partial charge >= 0.3 is 0 Å². The molecule has 0 aromatic rings. The summed E-state index contributed by atoms with van der Waals surface area (Å²) in [5, 5.41) is 12.4. The topological polar surface area (TPSA) is 58.6 Å². The highest BCUT2D eigenvalue weighted by atomic mass is 16.5. The zero-order valence-electron chi connectivity index (χ0n) is 10.9. The van der Waals surface area contributed by atoms with E-state index in [9.17, 15) is 9.90 Å². The quantitative estimate of drug-likeness (QED) is 0.423. The number of hydrogen-bond acceptors (Lipinski definition) is 3. The molecule has 2 atom stereocenters. The molecule has 4 nitrogen and oxygen atoms in total. The van der Waals surface area contributed by atoms with Gasteiger partial charge in [-0.2, -0.15) is 0 Å². The van der Waals surface area contributed by atoms with Crippen LogP contribution in [0.3, 0.4) is 0 Å². The lowest BCUT2D eigenvalue weighted by Gasteiger charge is -2.24. The highest BCUT2D eigenvalue weighted by Gasteiger charge is 2.24. The van der Waals surface area contributed by atoms with E-state index in [1.165, 1.54) is 6.42 Å². The van der Waals surface area contributed by atoms with Crippen LogP contribution in [0.25, 0.3) is 0 Å². The number of amides is 1. The molecule has 1 amide bonds. The third kappa shape index (κ3) is 5.52. The fraction of sp³-hybridized carbons (Fsp3) is 0.786. The minimum absolute atomic E-state index is 0.0163. The van der Waals surface area contributed by atoms with Crippen molar-refractivity contribution >= 4 is 5.91 Å². The van der Waals surface area contributed by atoms with Gasteiger partial charge in [-0.3, -0.25) is 4.79 Å². The van der Waals surface area contributed by atoms with E-state index < -0.39 is 0 Å². The van der Waals surface area contributed by atoms with Gasteiger partial charge in [0, 0.05) is 18.6 Å². The van der Waals surface area contributed by atoms with Crippen molar-refractivity contribution in [1.82, 2.24) is 5.32 Å². The first-order valence-electron chi connectivity index (χ1n) is 6.69. The number of ether oxygens (including phenoxy) is 1. The number of aliphatic hydroxyl groups excluding tert-OH is 1. The van der Waals surface area contributed by atoms with Gasteiger partial charge in [0.15, 0.2) is 0 Å². The van der Waals surface area contributed by atoms with Crippen molar-refractivity contribution in [3.05, 3.63) is 0 Å². The number of carbonyl (C=O) groups excluding carboxylic acids is 1. The van der Waals surface area contributed by atoms with Gasteiger partial charge < -0.3 is 15.2 Å². The molecule has 1 saturated carbocycles. The van der Waals surface area contributed by atoms with Crippen molar-refractivity contribution in [2.24, 2.45) is 5.92 Å². The molecule has 0 saturated heterocycles. The van der Waals surface area contributed by atoms with Gasteiger partial charge in [-0.05, 0) is 12.8 Å². The van der Waals surface area contributed by atoms with E-state index >= 15 is 0 Å². The third-order valence-electron chi connectivity index (χ3n) is 3.40. The molecule has 1 rings (SSSR count). The van der Waals surface area contributed by atoms with Gasteiger partial charge in [0.25, 0.3) is 0 Å². The molecule has 2 N–H and O–H groups in total. The summed E-state index contributed by atoms with van der Waals surface area (Å²) in [6.45, 7) is 0.751. The number of aliphatic hydroxyl groups is 1. The van der Waals surface area contributed by atoms with Crippen LogP contribution in [0.2, 0.25) is 0 Å². The molecule has 0 spiro atoms. The molecular weight excluding hydrogens is 230 g/mol. The van der Waals surface area contributed by atoms with Crippen molar-refractivity contribution in [2.45, 2.75) is 44.6 Å². The zero-order chi connectivity index (χ0) is 13.2. The molecule has 2 unspecified atom stereocenters. The fourth-order valence-corrected chi connectivity index (χ4v) is 2.37. The Morgan fingerprint density at radius 3 is 2.89 bits per heavy atom. The molecule has 0 radical (unpaired) electrons. The van der Waals surface area contributed by atoms with Gasteiger partial charge in [-0.25, -0.2) is 0 Å². The van der Waals surface area contributed by atoms with Crippen LogP contribution in [-0.4, -0.2) is 36.9 Å². The minimum atomic E-state index is -0.0163. The molecule has 1 fully saturated rings. The summed E-state index contributed by atoms with van der Waals surface area (Å²) in [5.74, 6) is 2.54.